The van der Waals surface area contributed by atoms with Crippen molar-refractivity contribution in [3.8, 4) is 0 Å². The highest BCUT2D eigenvalue weighted by Gasteiger charge is 2.37. The van der Waals surface area contributed by atoms with Gasteiger partial charge < -0.3 is 4.48 Å². The molecule has 0 aromatic rings. The van der Waals surface area contributed by atoms with Crippen LogP contribution >= 0.6 is 0 Å². The second-order valence-electron chi connectivity index (χ2n) is 4.79. The largest absolute Gasteiger partial charge is 0.321 e. The van der Waals surface area contributed by atoms with E-state index in [1.165, 1.54) is 62.6 Å². The molecule has 2 aliphatic heterocycles. The molecule has 0 saturated carbocycles. The predicted molar refractivity (Wildman–Crippen MR) is 52.0 cm³/mol. The summed E-state index contributed by atoms with van der Waals surface area (Å²) >= 11 is 0. The van der Waals surface area contributed by atoms with Crippen molar-refractivity contribution < 1.29 is 4.48 Å². The van der Waals surface area contributed by atoms with E-state index >= 15 is 0 Å². The summed E-state index contributed by atoms with van der Waals surface area (Å²) in [5, 5.41) is 0. The number of hydrogen-bond donors (Lipinski definition) is 0. The van der Waals surface area contributed by atoms with Gasteiger partial charge in [-0.1, -0.05) is 0 Å². The molecular weight excluding hydrogens is 146 g/mol. The zero-order valence-corrected chi connectivity index (χ0v) is 8.39. The lowest BCUT2D eigenvalue weighted by Gasteiger charge is -2.38. The van der Waals surface area contributed by atoms with Crippen molar-refractivity contribution in [1.82, 2.24) is 0 Å². The van der Waals surface area contributed by atoms with E-state index in [9.17, 15) is 0 Å². The maximum atomic E-state index is 2.48. The molecule has 0 aromatic heterocycles. The first-order valence-electron chi connectivity index (χ1n) is 5.69. The Morgan fingerprint density at radius 1 is 0.833 bits per heavy atom. The van der Waals surface area contributed by atoms with E-state index in [1.807, 2.05) is 0 Å². The molecule has 0 amide bonds. The lowest BCUT2D eigenvalue weighted by atomic mass is 10.1. The van der Waals surface area contributed by atoms with Gasteiger partial charge in [-0.05, 0) is 32.6 Å². The fourth-order valence-electron chi connectivity index (χ4n) is 3.17. The van der Waals surface area contributed by atoms with Gasteiger partial charge in [-0.25, -0.2) is 0 Å². The van der Waals surface area contributed by atoms with Gasteiger partial charge >= 0.3 is 0 Å². The van der Waals surface area contributed by atoms with Crippen LogP contribution in [0.25, 0.3) is 0 Å². The quantitative estimate of drug-likeness (QED) is 0.488. The minimum atomic E-state index is 0.968. The molecule has 0 N–H and O–H groups in total. The van der Waals surface area contributed by atoms with E-state index in [1.54, 1.807) is 0 Å². The Labute approximate surface area is 76.3 Å². The minimum Gasteiger partial charge on any atom is -0.321 e. The standard InChI is InChI=1S/C11H22N/c1-11-7-3-2-4-8-12(11)9-5-6-10-12/h11H,2-10H2,1H3/q+1/t11-/m0/s1. The maximum absolute atomic E-state index is 2.48. The summed E-state index contributed by atoms with van der Waals surface area (Å²) in [7, 11) is 0. The summed E-state index contributed by atoms with van der Waals surface area (Å²) in [5.74, 6) is 0. The van der Waals surface area contributed by atoms with Gasteiger partial charge in [0.1, 0.15) is 0 Å². The molecule has 12 heavy (non-hydrogen) atoms. The van der Waals surface area contributed by atoms with E-state index in [4.69, 9.17) is 0 Å². The van der Waals surface area contributed by atoms with Gasteiger partial charge in [0.15, 0.2) is 0 Å². The third-order valence-electron chi connectivity index (χ3n) is 4.12. The summed E-state index contributed by atoms with van der Waals surface area (Å²) in [6, 6.07) is 0.968. The van der Waals surface area contributed by atoms with Crippen LogP contribution in [0.5, 0.6) is 0 Å². The fourth-order valence-corrected chi connectivity index (χ4v) is 3.17. The van der Waals surface area contributed by atoms with Crippen LogP contribution < -0.4 is 0 Å². The fraction of sp³-hybridized carbons (Fsp3) is 1.00. The molecule has 1 spiro atoms. The van der Waals surface area contributed by atoms with Crippen LogP contribution in [0.2, 0.25) is 0 Å². The van der Waals surface area contributed by atoms with E-state index in [-0.39, 0.29) is 0 Å². The van der Waals surface area contributed by atoms with Crippen LogP contribution in [0.4, 0.5) is 0 Å². The maximum Gasteiger partial charge on any atom is 0.0861 e. The Hall–Kier alpha value is -0.0400. The molecule has 0 aliphatic carbocycles. The second kappa shape index (κ2) is 3.37. The van der Waals surface area contributed by atoms with Crippen molar-refractivity contribution in [1.29, 1.82) is 0 Å². The van der Waals surface area contributed by atoms with Crippen molar-refractivity contribution in [2.75, 3.05) is 19.6 Å². The monoisotopic (exact) mass is 168 g/mol. The normalized spacial score (nSPS) is 35.2. The number of rotatable bonds is 0. The van der Waals surface area contributed by atoms with Crippen molar-refractivity contribution in [3.05, 3.63) is 0 Å². The van der Waals surface area contributed by atoms with Crippen LogP contribution in [0.3, 0.4) is 0 Å². The van der Waals surface area contributed by atoms with Crippen LogP contribution in [-0.2, 0) is 0 Å². The van der Waals surface area contributed by atoms with Gasteiger partial charge in [-0.3, -0.25) is 0 Å². The molecule has 2 heterocycles. The summed E-state index contributed by atoms with van der Waals surface area (Å²) in [6.07, 6.45) is 8.94. The minimum absolute atomic E-state index is 0.968. The Kier molecular flexibility index (Phi) is 2.40. The molecule has 0 bridgehead atoms. The van der Waals surface area contributed by atoms with Crippen molar-refractivity contribution in [2.45, 2.75) is 51.5 Å². The molecule has 0 radical (unpaired) electrons. The lowest BCUT2D eigenvalue weighted by Crippen LogP contribution is -2.51. The summed E-state index contributed by atoms with van der Waals surface area (Å²) in [5.41, 5.74) is 0. The third kappa shape index (κ3) is 1.39. The second-order valence-corrected chi connectivity index (χ2v) is 4.79. The predicted octanol–water partition coefficient (Wildman–Crippen LogP) is 2.56. The van der Waals surface area contributed by atoms with Gasteiger partial charge in [0, 0.05) is 12.8 Å². The highest BCUT2D eigenvalue weighted by molar-refractivity contribution is 4.65. The highest BCUT2D eigenvalue weighted by atomic mass is 15.4. The van der Waals surface area contributed by atoms with Gasteiger partial charge in [0.2, 0.25) is 0 Å². The topological polar surface area (TPSA) is 0 Å². The smallest absolute Gasteiger partial charge is 0.0861 e. The van der Waals surface area contributed by atoms with Crippen molar-refractivity contribution >= 4 is 0 Å². The molecule has 1 heteroatoms. The number of nitrogens with zero attached hydrogens (tertiary/aromatic N) is 1. The SMILES string of the molecule is C[C@H]1CCCCC[N+]12CCCC2. The van der Waals surface area contributed by atoms with Gasteiger partial charge in [0.05, 0.1) is 25.7 Å². The molecule has 1 nitrogen and oxygen atoms in total. The first-order chi connectivity index (χ1) is 5.83. The number of quaternary nitrogens is 1. The Balaban J connectivity index is 2.08. The van der Waals surface area contributed by atoms with E-state index < -0.39 is 0 Å². The highest BCUT2D eigenvalue weighted by Crippen LogP contribution is 2.30. The van der Waals surface area contributed by atoms with Crippen molar-refractivity contribution in [3.63, 3.8) is 0 Å². The average molecular weight is 168 g/mol. The Morgan fingerprint density at radius 3 is 2.08 bits per heavy atom. The van der Waals surface area contributed by atoms with Crippen molar-refractivity contribution in [2.24, 2.45) is 0 Å². The summed E-state index contributed by atoms with van der Waals surface area (Å²) in [4.78, 5) is 0. The molecule has 2 rings (SSSR count). The Bertz CT molecular complexity index is 147. The van der Waals surface area contributed by atoms with Gasteiger partial charge in [0.25, 0.3) is 0 Å². The van der Waals surface area contributed by atoms with Crippen LogP contribution in [0.15, 0.2) is 0 Å². The molecule has 0 unspecified atom stereocenters. The van der Waals surface area contributed by atoms with Crippen LogP contribution in [0, 0.1) is 0 Å². The Morgan fingerprint density at radius 2 is 1.42 bits per heavy atom. The van der Waals surface area contributed by atoms with Gasteiger partial charge in [-0.15, -0.1) is 0 Å². The molecule has 1 atom stereocenters. The average Bonchev–Trinajstić information content (AvgIpc) is 2.45. The number of hydrogen-bond acceptors (Lipinski definition) is 0. The van der Waals surface area contributed by atoms with Crippen LogP contribution in [0.1, 0.15) is 45.4 Å². The first kappa shape index (κ1) is 8.55. The molecule has 2 aliphatic rings. The molecule has 2 saturated heterocycles. The zero-order chi connectivity index (χ0) is 8.44. The molecule has 2 fully saturated rings. The molecule has 0 aromatic carbocycles. The lowest BCUT2D eigenvalue weighted by molar-refractivity contribution is -0.937. The van der Waals surface area contributed by atoms with E-state index in [0.717, 1.165) is 6.04 Å². The van der Waals surface area contributed by atoms with E-state index in [0.29, 0.717) is 0 Å². The zero-order valence-electron chi connectivity index (χ0n) is 8.39. The van der Waals surface area contributed by atoms with E-state index in [2.05, 4.69) is 6.92 Å². The first-order valence-corrected chi connectivity index (χ1v) is 5.69. The third-order valence-corrected chi connectivity index (χ3v) is 4.12. The summed E-state index contributed by atoms with van der Waals surface area (Å²) < 4.78 is 1.49. The summed E-state index contributed by atoms with van der Waals surface area (Å²) in [6.45, 7) is 6.94. The molecule has 70 valence electrons. The van der Waals surface area contributed by atoms with Crippen LogP contribution in [-0.4, -0.2) is 30.2 Å². The van der Waals surface area contributed by atoms with Gasteiger partial charge in [-0.2, -0.15) is 0 Å². The molecular formula is C11H22N+.